The SMILES string of the molecule is OC(CNCc1ccc(Oc2cccnc2)c(F)c1)C1(O)CCC1. The van der Waals surface area contributed by atoms with E-state index in [1.54, 1.807) is 30.5 Å². The van der Waals surface area contributed by atoms with Crippen LogP contribution in [0.2, 0.25) is 0 Å². The molecule has 1 aromatic carbocycles. The molecule has 0 bridgehead atoms. The molecule has 5 nitrogen and oxygen atoms in total. The average Bonchev–Trinajstić information content (AvgIpc) is 2.56. The van der Waals surface area contributed by atoms with E-state index < -0.39 is 17.5 Å². The molecule has 2 aromatic rings. The van der Waals surface area contributed by atoms with Crippen molar-refractivity contribution in [1.82, 2.24) is 10.3 Å². The molecule has 0 saturated heterocycles. The second-order valence-corrected chi connectivity index (χ2v) is 6.16. The highest BCUT2D eigenvalue weighted by atomic mass is 19.1. The molecule has 3 rings (SSSR count). The fourth-order valence-electron chi connectivity index (χ4n) is 2.69. The summed E-state index contributed by atoms with van der Waals surface area (Å²) in [6.45, 7) is 0.670. The number of aliphatic hydroxyl groups excluding tert-OH is 1. The third kappa shape index (κ3) is 3.90. The highest BCUT2D eigenvalue weighted by molar-refractivity contribution is 5.33. The van der Waals surface area contributed by atoms with Crippen LogP contribution in [0.25, 0.3) is 0 Å². The summed E-state index contributed by atoms with van der Waals surface area (Å²) in [5, 5.41) is 23.0. The lowest BCUT2D eigenvalue weighted by Crippen LogP contribution is -2.52. The molecule has 1 atom stereocenters. The van der Waals surface area contributed by atoms with Crippen molar-refractivity contribution in [2.45, 2.75) is 37.5 Å². The van der Waals surface area contributed by atoms with E-state index in [2.05, 4.69) is 10.3 Å². The zero-order chi connectivity index (χ0) is 17.0. The number of ether oxygens (including phenoxy) is 1. The standard InChI is InChI=1S/C18H21FN2O3/c19-15-9-13(10-21-12-17(22)18(23)6-2-7-18)4-5-16(15)24-14-3-1-8-20-11-14/h1,3-5,8-9,11,17,21-23H,2,6-7,10,12H2. The summed E-state index contributed by atoms with van der Waals surface area (Å²) in [5.41, 5.74) is -0.224. The zero-order valence-electron chi connectivity index (χ0n) is 13.3. The number of halogens is 1. The van der Waals surface area contributed by atoms with Crippen molar-refractivity contribution in [2.75, 3.05) is 6.54 Å². The van der Waals surface area contributed by atoms with Crippen LogP contribution in [0.1, 0.15) is 24.8 Å². The maximum absolute atomic E-state index is 14.1. The van der Waals surface area contributed by atoms with Crippen LogP contribution in [-0.2, 0) is 6.54 Å². The maximum atomic E-state index is 14.1. The summed E-state index contributed by atoms with van der Waals surface area (Å²) in [5.74, 6) is 0.144. The van der Waals surface area contributed by atoms with E-state index in [0.717, 1.165) is 12.0 Å². The number of nitrogens with zero attached hydrogens (tertiary/aromatic N) is 1. The van der Waals surface area contributed by atoms with E-state index in [1.807, 2.05) is 0 Å². The van der Waals surface area contributed by atoms with Crippen LogP contribution in [0.15, 0.2) is 42.7 Å². The van der Waals surface area contributed by atoms with E-state index in [-0.39, 0.29) is 12.3 Å². The third-order valence-corrected chi connectivity index (χ3v) is 4.36. The van der Waals surface area contributed by atoms with Crippen LogP contribution in [0.5, 0.6) is 11.5 Å². The van der Waals surface area contributed by atoms with Gasteiger partial charge in [-0.1, -0.05) is 6.07 Å². The van der Waals surface area contributed by atoms with Crippen LogP contribution >= 0.6 is 0 Å². The number of aromatic nitrogens is 1. The van der Waals surface area contributed by atoms with Crippen molar-refractivity contribution >= 4 is 0 Å². The predicted molar refractivity (Wildman–Crippen MR) is 87.2 cm³/mol. The zero-order valence-corrected chi connectivity index (χ0v) is 13.3. The Morgan fingerprint density at radius 1 is 1.33 bits per heavy atom. The number of benzene rings is 1. The summed E-state index contributed by atoms with van der Waals surface area (Å²) in [7, 11) is 0. The minimum Gasteiger partial charge on any atom is -0.453 e. The van der Waals surface area contributed by atoms with Crippen molar-refractivity contribution in [3.05, 3.63) is 54.1 Å². The molecule has 1 fully saturated rings. The molecule has 3 N–H and O–H groups in total. The Hall–Kier alpha value is -2.02. The van der Waals surface area contributed by atoms with Gasteiger partial charge in [-0.15, -0.1) is 0 Å². The number of hydrogen-bond donors (Lipinski definition) is 3. The lowest BCUT2D eigenvalue weighted by atomic mass is 9.76. The van der Waals surface area contributed by atoms with E-state index in [4.69, 9.17) is 4.74 Å². The maximum Gasteiger partial charge on any atom is 0.166 e. The predicted octanol–water partition coefficient (Wildman–Crippen LogP) is 2.38. The van der Waals surface area contributed by atoms with Gasteiger partial charge in [0, 0.05) is 19.3 Å². The Labute approximate surface area is 140 Å². The highest BCUT2D eigenvalue weighted by Gasteiger charge is 2.40. The molecule has 1 aliphatic carbocycles. The number of hydrogen-bond acceptors (Lipinski definition) is 5. The van der Waals surface area contributed by atoms with Crippen LogP contribution in [-0.4, -0.2) is 33.4 Å². The lowest BCUT2D eigenvalue weighted by molar-refractivity contribution is -0.123. The van der Waals surface area contributed by atoms with Crippen LogP contribution in [0.3, 0.4) is 0 Å². The Balaban J connectivity index is 1.53. The Kier molecular flexibility index (Phi) is 5.08. The van der Waals surface area contributed by atoms with Crippen molar-refractivity contribution in [3.8, 4) is 11.5 Å². The molecule has 1 unspecified atom stereocenters. The molecule has 0 aliphatic heterocycles. The quantitative estimate of drug-likeness (QED) is 0.726. The van der Waals surface area contributed by atoms with Gasteiger partial charge >= 0.3 is 0 Å². The fourth-order valence-corrected chi connectivity index (χ4v) is 2.69. The first kappa shape index (κ1) is 16.8. The summed E-state index contributed by atoms with van der Waals surface area (Å²) in [6, 6.07) is 8.13. The van der Waals surface area contributed by atoms with Gasteiger partial charge in [0.2, 0.25) is 0 Å². The normalized spacial score (nSPS) is 17.1. The molecule has 0 spiro atoms. The van der Waals surface area contributed by atoms with Crippen LogP contribution in [0.4, 0.5) is 4.39 Å². The molecule has 0 radical (unpaired) electrons. The number of nitrogens with one attached hydrogen (secondary N) is 1. The van der Waals surface area contributed by atoms with E-state index in [0.29, 0.717) is 25.1 Å². The second-order valence-electron chi connectivity index (χ2n) is 6.16. The molecule has 1 aromatic heterocycles. The monoisotopic (exact) mass is 332 g/mol. The molecule has 6 heteroatoms. The third-order valence-electron chi connectivity index (χ3n) is 4.36. The lowest BCUT2D eigenvalue weighted by Gasteiger charge is -2.40. The van der Waals surface area contributed by atoms with Crippen molar-refractivity contribution < 1.29 is 19.3 Å². The molecule has 24 heavy (non-hydrogen) atoms. The summed E-state index contributed by atoms with van der Waals surface area (Å²) in [6.07, 6.45) is 4.53. The first-order valence-electron chi connectivity index (χ1n) is 8.04. The molecular weight excluding hydrogens is 311 g/mol. The minimum atomic E-state index is -0.959. The largest absolute Gasteiger partial charge is 0.453 e. The number of rotatable bonds is 7. The minimum absolute atomic E-state index is 0.135. The molecule has 1 aliphatic rings. The van der Waals surface area contributed by atoms with Crippen molar-refractivity contribution in [2.24, 2.45) is 0 Å². The average molecular weight is 332 g/mol. The molecule has 1 heterocycles. The first-order valence-corrected chi connectivity index (χ1v) is 8.04. The van der Waals surface area contributed by atoms with Crippen LogP contribution in [0, 0.1) is 5.82 Å². The van der Waals surface area contributed by atoms with Gasteiger partial charge in [-0.05, 0) is 49.1 Å². The molecule has 128 valence electrons. The van der Waals surface area contributed by atoms with Gasteiger partial charge in [0.25, 0.3) is 0 Å². The van der Waals surface area contributed by atoms with Gasteiger partial charge < -0.3 is 20.3 Å². The van der Waals surface area contributed by atoms with Gasteiger partial charge in [0.05, 0.1) is 17.9 Å². The van der Waals surface area contributed by atoms with E-state index >= 15 is 0 Å². The smallest absolute Gasteiger partial charge is 0.166 e. The summed E-state index contributed by atoms with van der Waals surface area (Å²) < 4.78 is 19.6. The Bertz CT molecular complexity index is 677. The van der Waals surface area contributed by atoms with Gasteiger partial charge in [0.1, 0.15) is 5.75 Å². The Morgan fingerprint density at radius 2 is 2.17 bits per heavy atom. The van der Waals surface area contributed by atoms with Gasteiger partial charge in [-0.2, -0.15) is 0 Å². The number of pyridine rings is 1. The van der Waals surface area contributed by atoms with Gasteiger partial charge in [-0.25, -0.2) is 4.39 Å². The molecule has 1 saturated carbocycles. The van der Waals surface area contributed by atoms with Crippen molar-refractivity contribution in [1.29, 1.82) is 0 Å². The van der Waals surface area contributed by atoms with Gasteiger partial charge in [0.15, 0.2) is 11.6 Å². The summed E-state index contributed by atoms with van der Waals surface area (Å²) in [4.78, 5) is 3.92. The van der Waals surface area contributed by atoms with E-state index in [1.165, 1.54) is 12.3 Å². The molecule has 0 amide bonds. The van der Waals surface area contributed by atoms with E-state index in [9.17, 15) is 14.6 Å². The van der Waals surface area contributed by atoms with Crippen LogP contribution < -0.4 is 10.1 Å². The topological polar surface area (TPSA) is 74.6 Å². The van der Waals surface area contributed by atoms with Crippen molar-refractivity contribution in [3.63, 3.8) is 0 Å². The van der Waals surface area contributed by atoms with Gasteiger partial charge in [-0.3, -0.25) is 4.98 Å². The highest BCUT2D eigenvalue weighted by Crippen LogP contribution is 2.34. The summed E-state index contributed by atoms with van der Waals surface area (Å²) >= 11 is 0. The molecular formula is C18H21FN2O3. The second kappa shape index (κ2) is 7.25. The number of aliphatic hydroxyl groups is 2. The first-order chi connectivity index (χ1) is 11.6. The fraction of sp³-hybridized carbons (Fsp3) is 0.389. The Morgan fingerprint density at radius 3 is 2.79 bits per heavy atom.